The summed E-state index contributed by atoms with van der Waals surface area (Å²) >= 11 is 0. The number of rotatable bonds is 10. The summed E-state index contributed by atoms with van der Waals surface area (Å²) in [6, 6.07) is 10.1. The van der Waals surface area contributed by atoms with E-state index in [0.717, 1.165) is 33.6 Å². The van der Waals surface area contributed by atoms with E-state index >= 15 is 0 Å². The van der Waals surface area contributed by atoms with Crippen molar-refractivity contribution in [2.45, 2.75) is 97.5 Å². The van der Waals surface area contributed by atoms with Crippen LogP contribution in [0.5, 0.6) is 5.75 Å². The van der Waals surface area contributed by atoms with Crippen LogP contribution in [0.25, 0.3) is 0 Å². The van der Waals surface area contributed by atoms with Crippen LogP contribution in [0.15, 0.2) is 35.2 Å². The molecular weight excluding hydrogens is 420 g/mol. The van der Waals surface area contributed by atoms with Gasteiger partial charge in [0.05, 0.1) is 12.7 Å². The zero-order chi connectivity index (χ0) is 24.2. The van der Waals surface area contributed by atoms with Gasteiger partial charge < -0.3 is 4.74 Å². The molecule has 0 aliphatic heterocycles. The van der Waals surface area contributed by atoms with Gasteiger partial charge in [0, 0.05) is 6.42 Å². The molecule has 0 saturated carbocycles. The summed E-state index contributed by atoms with van der Waals surface area (Å²) in [7, 11) is -3.89. The standard InChI is InChI=1S/C27H40O4S/c1-17(2)23-15-25(18(3)4)27(26(16-23)19(5)6)32(28,29)30-11-10-22(9)31-24-13-20(7)12-21(8)14-24/h12-19,22H,10-11H2,1-9H3. The van der Waals surface area contributed by atoms with Crippen molar-refractivity contribution in [2.24, 2.45) is 0 Å². The molecule has 0 fully saturated rings. The molecule has 0 amide bonds. The fourth-order valence-electron chi connectivity index (χ4n) is 3.85. The Labute approximate surface area is 195 Å². The van der Waals surface area contributed by atoms with Crippen molar-refractivity contribution in [1.82, 2.24) is 0 Å². The van der Waals surface area contributed by atoms with Crippen LogP contribution < -0.4 is 4.74 Å². The molecule has 0 aliphatic carbocycles. The van der Waals surface area contributed by atoms with Crippen LogP contribution in [-0.4, -0.2) is 21.1 Å². The summed E-state index contributed by atoms with van der Waals surface area (Å²) in [5.74, 6) is 1.27. The Kier molecular flexibility index (Phi) is 8.95. The number of ether oxygens (including phenoxy) is 1. The van der Waals surface area contributed by atoms with Crippen LogP contribution in [0.2, 0.25) is 0 Å². The highest BCUT2D eigenvalue weighted by Crippen LogP contribution is 2.36. The molecular formula is C27H40O4S. The Balaban J connectivity index is 2.22. The monoisotopic (exact) mass is 460 g/mol. The molecule has 5 heteroatoms. The van der Waals surface area contributed by atoms with Gasteiger partial charge in [-0.3, -0.25) is 4.18 Å². The maximum Gasteiger partial charge on any atom is 0.297 e. The van der Waals surface area contributed by atoms with Crippen LogP contribution >= 0.6 is 0 Å². The fourth-order valence-corrected chi connectivity index (χ4v) is 5.45. The minimum Gasteiger partial charge on any atom is -0.491 e. The summed E-state index contributed by atoms with van der Waals surface area (Å²) in [5.41, 5.74) is 5.10. The molecule has 0 N–H and O–H groups in total. The lowest BCUT2D eigenvalue weighted by atomic mass is 9.89. The molecule has 0 saturated heterocycles. The van der Waals surface area contributed by atoms with Crippen molar-refractivity contribution in [3.8, 4) is 5.75 Å². The van der Waals surface area contributed by atoms with Gasteiger partial charge >= 0.3 is 0 Å². The first-order chi connectivity index (χ1) is 14.8. The molecule has 0 radical (unpaired) electrons. The third kappa shape index (κ3) is 6.82. The van der Waals surface area contributed by atoms with Crippen molar-refractivity contribution in [3.05, 3.63) is 58.1 Å². The molecule has 32 heavy (non-hydrogen) atoms. The summed E-state index contributed by atoms with van der Waals surface area (Å²) in [6.07, 6.45) is 0.313. The first kappa shape index (κ1) is 26.4. The first-order valence-electron chi connectivity index (χ1n) is 11.6. The predicted molar refractivity (Wildman–Crippen MR) is 132 cm³/mol. The quantitative estimate of drug-likeness (QED) is 0.351. The Morgan fingerprint density at radius 2 is 1.25 bits per heavy atom. The summed E-state index contributed by atoms with van der Waals surface area (Å²) < 4.78 is 38.2. The lowest BCUT2D eigenvalue weighted by Crippen LogP contribution is -2.19. The normalized spacial score (nSPS) is 13.2. The number of hydrogen-bond donors (Lipinski definition) is 0. The number of hydrogen-bond acceptors (Lipinski definition) is 4. The van der Waals surface area contributed by atoms with E-state index in [1.165, 1.54) is 0 Å². The van der Waals surface area contributed by atoms with E-state index in [0.29, 0.717) is 17.2 Å². The first-order valence-corrected chi connectivity index (χ1v) is 13.0. The largest absolute Gasteiger partial charge is 0.491 e. The van der Waals surface area contributed by atoms with Crippen LogP contribution in [0.3, 0.4) is 0 Å². The maximum absolute atomic E-state index is 13.3. The predicted octanol–water partition coefficient (Wildman–Crippen LogP) is 7.24. The Morgan fingerprint density at radius 3 is 1.69 bits per heavy atom. The molecule has 0 heterocycles. The SMILES string of the molecule is Cc1cc(C)cc(OC(C)CCOS(=O)(=O)c2c(C(C)C)cc(C(C)C)cc2C(C)C)c1. The molecule has 0 aromatic heterocycles. The van der Waals surface area contributed by atoms with Crippen LogP contribution in [0.1, 0.15) is 100 Å². The van der Waals surface area contributed by atoms with Gasteiger partial charge in [-0.05, 0) is 78.5 Å². The van der Waals surface area contributed by atoms with E-state index in [4.69, 9.17) is 8.92 Å². The van der Waals surface area contributed by atoms with Crippen LogP contribution in [0, 0.1) is 13.8 Å². The molecule has 0 bridgehead atoms. The second kappa shape index (κ2) is 10.8. The van der Waals surface area contributed by atoms with E-state index < -0.39 is 10.1 Å². The zero-order valence-electron chi connectivity index (χ0n) is 21.2. The third-order valence-corrected chi connectivity index (χ3v) is 7.07. The second-order valence-electron chi connectivity index (χ2n) is 9.81. The van der Waals surface area contributed by atoms with Gasteiger partial charge in [0.15, 0.2) is 0 Å². The van der Waals surface area contributed by atoms with Crippen molar-refractivity contribution in [2.75, 3.05) is 6.61 Å². The van der Waals surface area contributed by atoms with Crippen LogP contribution in [0.4, 0.5) is 0 Å². The van der Waals surface area contributed by atoms with E-state index in [9.17, 15) is 8.42 Å². The van der Waals surface area contributed by atoms with E-state index in [1.54, 1.807) is 0 Å². The summed E-state index contributed by atoms with van der Waals surface area (Å²) in [4.78, 5) is 0.342. The topological polar surface area (TPSA) is 52.6 Å². The van der Waals surface area contributed by atoms with Crippen molar-refractivity contribution in [3.63, 3.8) is 0 Å². The Bertz CT molecular complexity index is 971. The molecule has 0 spiro atoms. The van der Waals surface area contributed by atoms with Gasteiger partial charge in [-0.2, -0.15) is 8.42 Å². The van der Waals surface area contributed by atoms with E-state index in [2.05, 4.69) is 19.9 Å². The molecule has 2 rings (SSSR count). The molecule has 4 nitrogen and oxygen atoms in total. The van der Waals surface area contributed by atoms with E-state index in [1.807, 2.05) is 72.7 Å². The molecule has 178 valence electrons. The fraction of sp³-hybridized carbons (Fsp3) is 0.556. The van der Waals surface area contributed by atoms with Gasteiger partial charge in [-0.15, -0.1) is 0 Å². The van der Waals surface area contributed by atoms with Gasteiger partial charge in [0.2, 0.25) is 0 Å². The van der Waals surface area contributed by atoms with E-state index in [-0.39, 0.29) is 24.5 Å². The average molecular weight is 461 g/mol. The third-order valence-electron chi connectivity index (χ3n) is 5.62. The highest BCUT2D eigenvalue weighted by atomic mass is 32.2. The summed E-state index contributed by atoms with van der Waals surface area (Å²) in [6.45, 7) is 18.5. The molecule has 1 atom stereocenters. The smallest absolute Gasteiger partial charge is 0.297 e. The molecule has 2 aromatic carbocycles. The Hall–Kier alpha value is -1.85. The van der Waals surface area contributed by atoms with Gasteiger partial charge in [0.1, 0.15) is 10.6 Å². The minimum absolute atomic E-state index is 0.0754. The average Bonchev–Trinajstić information content (AvgIpc) is 2.65. The number of aryl methyl sites for hydroxylation is 2. The lowest BCUT2D eigenvalue weighted by Gasteiger charge is -2.22. The Morgan fingerprint density at radius 1 is 0.750 bits per heavy atom. The van der Waals surface area contributed by atoms with Crippen molar-refractivity contribution >= 4 is 10.1 Å². The maximum atomic E-state index is 13.3. The van der Waals surface area contributed by atoms with Crippen LogP contribution in [-0.2, 0) is 14.3 Å². The lowest BCUT2D eigenvalue weighted by molar-refractivity contribution is 0.179. The number of benzene rings is 2. The molecule has 1 unspecified atom stereocenters. The van der Waals surface area contributed by atoms with Gasteiger partial charge in [-0.25, -0.2) is 0 Å². The van der Waals surface area contributed by atoms with Gasteiger partial charge in [-0.1, -0.05) is 59.7 Å². The second-order valence-corrected chi connectivity index (χ2v) is 11.4. The molecule has 2 aromatic rings. The van der Waals surface area contributed by atoms with Crippen molar-refractivity contribution in [1.29, 1.82) is 0 Å². The van der Waals surface area contributed by atoms with Crippen molar-refractivity contribution < 1.29 is 17.3 Å². The summed E-state index contributed by atoms with van der Waals surface area (Å²) in [5, 5.41) is 0. The van der Waals surface area contributed by atoms with Gasteiger partial charge in [0.25, 0.3) is 10.1 Å². The minimum atomic E-state index is -3.89. The highest BCUT2D eigenvalue weighted by molar-refractivity contribution is 7.86. The zero-order valence-corrected chi connectivity index (χ0v) is 22.0. The highest BCUT2D eigenvalue weighted by Gasteiger charge is 2.28. The molecule has 0 aliphatic rings.